The van der Waals surface area contributed by atoms with Crippen LogP contribution < -0.4 is 5.32 Å². The van der Waals surface area contributed by atoms with Gasteiger partial charge in [-0.05, 0) is 18.6 Å². The molecule has 0 fully saturated rings. The van der Waals surface area contributed by atoms with E-state index < -0.39 is 0 Å². The fourth-order valence-electron chi connectivity index (χ4n) is 2.22. The molecule has 0 bridgehead atoms. The molecule has 3 rings (SSSR count). The van der Waals surface area contributed by atoms with Crippen molar-refractivity contribution in [3.63, 3.8) is 0 Å². The molecule has 0 atom stereocenters. The number of rotatable bonds is 4. The van der Waals surface area contributed by atoms with Crippen molar-refractivity contribution in [2.24, 2.45) is 7.05 Å². The minimum atomic E-state index is -0.286. The zero-order chi connectivity index (χ0) is 16.4. The van der Waals surface area contributed by atoms with E-state index in [0.29, 0.717) is 22.8 Å². The number of halogens is 1. The molecule has 0 saturated carbocycles. The van der Waals surface area contributed by atoms with E-state index in [2.05, 4.69) is 20.5 Å². The highest BCUT2D eigenvalue weighted by atomic mass is 35.5. The maximum atomic E-state index is 12.2. The largest absolute Gasteiger partial charge is 0.289 e. The van der Waals surface area contributed by atoms with Gasteiger partial charge in [-0.2, -0.15) is 5.10 Å². The number of amides is 1. The number of aromatic nitrogens is 5. The van der Waals surface area contributed by atoms with Crippen molar-refractivity contribution in [3.05, 3.63) is 58.6 Å². The van der Waals surface area contributed by atoms with Gasteiger partial charge < -0.3 is 0 Å². The van der Waals surface area contributed by atoms with Crippen molar-refractivity contribution in [1.29, 1.82) is 0 Å². The Kier molecular flexibility index (Phi) is 4.12. The molecule has 0 unspecified atom stereocenters. The highest BCUT2D eigenvalue weighted by molar-refractivity contribution is 6.31. The second-order valence-corrected chi connectivity index (χ2v) is 5.52. The van der Waals surface area contributed by atoms with E-state index in [1.165, 1.54) is 0 Å². The number of hydrogen-bond acceptors (Lipinski definition) is 4. The lowest BCUT2D eigenvalue weighted by Crippen LogP contribution is -2.14. The van der Waals surface area contributed by atoms with E-state index in [9.17, 15) is 4.79 Å². The second kappa shape index (κ2) is 6.21. The van der Waals surface area contributed by atoms with E-state index in [1.807, 2.05) is 24.3 Å². The Morgan fingerprint density at radius 1 is 1.30 bits per heavy atom. The van der Waals surface area contributed by atoms with E-state index in [-0.39, 0.29) is 11.9 Å². The monoisotopic (exact) mass is 330 g/mol. The third-order valence-electron chi connectivity index (χ3n) is 3.31. The highest BCUT2D eigenvalue weighted by Crippen LogP contribution is 2.16. The summed E-state index contributed by atoms with van der Waals surface area (Å²) in [4.78, 5) is 16.3. The summed E-state index contributed by atoms with van der Waals surface area (Å²) >= 11 is 6.12. The fraction of sp³-hybridized carbons (Fsp3) is 0.200. The number of nitrogens with one attached hydrogen (secondary N) is 1. The molecule has 118 valence electrons. The van der Waals surface area contributed by atoms with Crippen LogP contribution in [0, 0.1) is 6.92 Å². The molecule has 0 aliphatic carbocycles. The Labute approximate surface area is 137 Å². The third kappa shape index (κ3) is 3.40. The van der Waals surface area contributed by atoms with Gasteiger partial charge in [-0.1, -0.05) is 29.8 Å². The van der Waals surface area contributed by atoms with Crippen molar-refractivity contribution in [1.82, 2.24) is 24.5 Å². The van der Waals surface area contributed by atoms with Crippen molar-refractivity contribution in [3.8, 4) is 0 Å². The van der Waals surface area contributed by atoms with Gasteiger partial charge in [0, 0.05) is 18.3 Å². The lowest BCUT2D eigenvalue weighted by Gasteiger charge is -2.03. The van der Waals surface area contributed by atoms with Crippen molar-refractivity contribution >= 4 is 23.5 Å². The zero-order valence-corrected chi connectivity index (χ0v) is 13.4. The molecule has 0 saturated heterocycles. The lowest BCUT2D eigenvalue weighted by molar-refractivity contribution is 0.102. The van der Waals surface area contributed by atoms with Crippen LogP contribution in [0.25, 0.3) is 0 Å². The summed E-state index contributed by atoms with van der Waals surface area (Å²) in [5, 5.41) is 11.7. The summed E-state index contributed by atoms with van der Waals surface area (Å²) < 4.78 is 3.21. The lowest BCUT2D eigenvalue weighted by atomic mass is 10.2. The molecule has 0 radical (unpaired) electrons. The Morgan fingerprint density at radius 2 is 2.09 bits per heavy atom. The number of benzene rings is 1. The number of carbonyl (C=O) groups is 1. The summed E-state index contributed by atoms with van der Waals surface area (Å²) in [6, 6.07) is 7.52. The van der Waals surface area contributed by atoms with Crippen molar-refractivity contribution in [2.75, 3.05) is 5.32 Å². The first-order chi connectivity index (χ1) is 11.0. The maximum absolute atomic E-state index is 12.2. The molecule has 2 aromatic heterocycles. The van der Waals surface area contributed by atoms with Gasteiger partial charge in [-0.15, -0.1) is 5.10 Å². The predicted octanol–water partition coefficient (Wildman–Crippen LogP) is 2.27. The first-order valence-electron chi connectivity index (χ1n) is 6.97. The number of hydrogen-bond donors (Lipinski definition) is 1. The Morgan fingerprint density at radius 3 is 2.78 bits per heavy atom. The number of carbonyl (C=O) groups excluding carboxylic acids is 1. The SMILES string of the molecule is Cc1nn(C)cc1C(=O)Nc1ncn(Cc2ccccc2Cl)n1. The average molecular weight is 331 g/mol. The molecule has 1 aromatic carbocycles. The summed E-state index contributed by atoms with van der Waals surface area (Å²) in [5.41, 5.74) is 2.08. The molecule has 0 spiro atoms. The molecule has 2 heterocycles. The first-order valence-corrected chi connectivity index (χ1v) is 7.35. The van der Waals surface area contributed by atoms with Crippen LogP contribution >= 0.6 is 11.6 Å². The van der Waals surface area contributed by atoms with Crippen LogP contribution in [-0.4, -0.2) is 30.5 Å². The van der Waals surface area contributed by atoms with Crippen LogP contribution in [-0.2, 0) is 13.6 Å². The van der Waals surface area contributed by atoms with Gasteiger partial charge in [0.1, 0.15) is 6.33 Å². The summed E-state index contributed by atoms with van der Waals surface area (Å²) in [6.07, 6.45) is 3.21. The molecule has 0 aliphatic heterocycles. The van der Waals surface area contributed by atoms with Gasteiger partial charge in [0.2, 0.25) is 5.95 Å². The Bertz CT molecular complexity index is 853. The average Bonchev–Trinajstić information content (AvgIpc) is 3.07. The normalized spacial score (nSPS) is 10.7. The summed E-state index contributed by atoms with van der Waals surface area (Å²) in [7, 11) is 1.76. The first kappa shape index (κ1) is 15.2. The van der Waals surface area contributed by atoms with Gasteiger partial charge in [-0.3, -0.25) is 14.8 Å². The third-order valence-corrected chi connectivity index (χ3v) is 3.68. The maximum Gasteiger partial charge on any atom is 0.261 e. The number of anilines is 1. The quantitative estimate of drug-likeness (QED) is 0.796. The van der Waals surface area contributed by atoms with Gasteiger partial charge in [0.25, 0.3) is 5.91 Å². The van der Waals surface area contributed by atoms with Crippen LogP contribution in [0.3, 0.4) is 0 Å². The smallest absolute Gasteiger partial charge is 0.261 e. The molecular weight excluding hydrogens is 316 g/mol. The summed E-state index contributed by atoms with van der Waals surface area (Å²) in [6.45, 7) is 2.26. The molecular formula is C15H15ClN6O. The van der Waals surface area contributed by atoms with E-state index in [4.69, 9.17) is 11.6 Å². The van der Waals surface area contributed by atoms with E-state index >= 15 is 0 Å². The van der Waals surface area contributed by atoms with Crippen LogP contribution in [0.4, 0.5) is 5.95 Å². The molecule has 8 heteroatoms. The van der Waals surface area contributed by atoms with Crippen LogP contribution in [0.1, 0.15) is 21.6 Å². The predicted molar refractivity (Wildman–Crippen MR) is 86.5 cm³/mol. The van der Waals surface area contributed by atoms with Gasteiger partial charge >= 0.3 is 0 Å². The van der Waals surface area contributed by atoms with Crippen LogP contribution in [0.5, 0.6) is 0 Å². The molecule has 0 aliphatic rings. The molecule has 1 amide bonds. The minimum absolute atomic E-state index is 0.241. The van der Waals surface area contributed by atoms with Gasteiger partial charge in [0.05, 0.1) is 17.8 Å². The highest BCUT2D eigenvalue weighted by Gasteiger charge is 2.14. The van der Waals surface area contributed by atoms with Crippen LogP contribution in [0.15, 0.2) is 36.8 Å². The standard InChI is InChI=1S/C15H15ClN6O/c1-10-12(8-21(2)19-10)14(23)18-15-17-9-22(20-15)7-11-5-3-4-6-13(11)16/h3-6,8-9H,7H2,1-2H3,(H,18,20,23). The molecule has 3 aromatic rings. The van der Waals surface area contributed by atoms with Crippen LogP contribution in [0.2, 0.25) is 5.02 Å². The van der Waals surface area contributed by atoms with E-state index in [0.717, 1.165) is 5.56 Å². The zero-order valence-electron chi connectivity index (χ0n) is 12.7. The number of aryl methyl sites for hydroxylation is 2. The van der Waals surface area contributed by atoms with E-state index in [1.54, 1.807) is 35.9 Å². The second-order valence-electron chi connectivity index (χ2n) is 5.11. The summed E-state index contributed by atoms with van der Waals surface area (Å²) in [5.74, 6) is -0.0450. The fourth-order valence-corrected chi connectivity index (χ4v) is 2.42. The van der Waals surface area contributed by atoms with Crippen molar-refractivity contribution < 1.29 is 4.79 Å². The Balaban J connectivity index is 1.71. The molecule has 1 N–H and O–H groups in total. The van der Waals surface area contributed by atoms with Crippen molar-refractivity contribution in [2.45, 2.75) is 13.5 Å². The topological polar surface area (TPSA) is 77.6 Å². The van der Waals surface area contributed by atoms with Gasteiger partial charge in [0.15, 0.2) is 0 Å². The van der Waals surface area contributed by atoms with Gasteiger partial charge in [-0.25, -0.2) is 9.67 Å². The Hall–Kier alpha value is -2.67. The minimum Gasteiger partial charge on any atom is -0.289 e. The molecule has 7 nitrogen and oxygen atoms in total. The number of nitrogens with zero attached hydrogens (tertiary/aromatic N) is 5. The molecule has 23 heavy (non-hydrogen) atoms.